The molecule has 3 heterocycles. The Balaban J connectivity index is 1.25. The van der Waals surface area contributed by atoms with Gasteiger partial charge in [0.25, 0.3) is 0 Å². The second-order valence-electron chi connectivity index (χ2n) is 10.0. The molecule has 0 aromatic carbocycles. The van der Waals surface area contributed by atoms with Crippen LogP contribution in [0.15, 0.2) is 0 Å². The van der Waals surface area contributed by atoms with Crippen molar-refractivity contribution < 1.29 is 9.59 Å². The van der Waals surface area contributed by atoms with Crippen molar-refractivity contribution in [3.05, 3.63) is 0 Å². The van der Waals surface area contributed by atoms with Gasteiger partial charge in [0.05, 0.1) is 6.54 Å². The Kier molecular flexibility index (Phi) is 6.59. The predicted octanol–water partition coefficient (Wildman–Crippen LogP) is 3.28. The first-order valence-electron chi connectivity index (χ1n) is 11.9. The van der Waals surface area contributed by atoms with Gasteiger partial charge in [0, 0.05) is 38.0 Å². The maximum absolute atomic E-state index is 12.8. The maximum Gasteiger partial charge on any atom is 0.242 e. The highest BCUT2D eigenvalue weighted by atomic mass is 16.2. The molecular weight excluding hydrogens is 350 g/mol. The predicted molar refractivity (Wildman–Crippen MR) is 111 cm³/mol. The van der Waals surface area contributed by atoms with Crippen LogP contribution in [0.2, 0.25) is 0 Å². The van der Waals surface area contributed by atoms with Gasteiger partial charge in [0.1, 0.15) is 0 Å². The van der Waals surface area contributed by atoms with Crippen molar-refractivity contribution >= 4 is 11.8 Å². The Morgan fingerprint density at radius 3 is 2.61 bits per heavy atom. The average molecular weight is 390 g/mol. The minimum atomic E-state index is 0.167. The van der Waals surface area contributed by atoms with E-state index in [9.17, 15) is 9.59 Å². The molecule has 0 aromatic heterocycles. The van der Waals surface area contributed by atoms with E-state index in [4.69, 9.17) is 0 Å². The summed E-state index contributed by atoms with van der Waals surface area (Å²) in [5.41, 5.74) is 0.312. The lowest BCUT2D eigenvalue weighted by molar-refractivity contribution is -0.141. The molecule has 0 aromatic rings. The van der Waals surface area contributed by atoms with Crippen LogP contribution in [0.4, 0.5) is 0 Å². The minimum Gasteiger partial charge on any atom is -0.341 e. The van der Waals surface area contributed by atoms with Gasteiger partial charge in [-0.2, -0.15) is 0 Å². The lowest BCUT2D eigenvalue weighted by atomic mass is 9.79. The second-order valence-corrected chi connectivity index (χ2v) is 10.0. The van der Waals surface area contributed by atoms with Crippen LogP contribution < -0.4 is 0 Å². The van der Waals surface area contributed by atoms with E-state index in [1.54, 1.807) is 4.90 Å². The van der Waals surface area contributed by atoms with Crippen LogP contribution in [0.1, 0.15) is 77.0 Å². The molecular formula is C23H39N3O2. The zero-order valence-electron chi connectivity index (χ0n) is 17.7. The Bertz CT molecular complexity index is 560. The van der Waals surface area contributed by atoms with Crippen LogP contribution >= 0.6 is 0 Å². The van der Waals surface area contributed by atoms with Gasteiger partial charge in [0.15, 0.2) is 0 Å². The number of nitrogens with zero attached hydrogens (tertiary/aromatic N) is 3. The topological polar surface area (TPSA) is 43.9 Å². The Hall–Kier alpha value is -1.10. The van der Waals surface area contributed by atoms with Gasteiger partial charge in [-0.3, -0.25) is 9.59 Å². The molecule has 1 saturated carbocycles. The number of hydrogen-bond acceptors (Lipinski definition) is 3. The van der Waals surface area contributed by atoms with Gasteiger partial charge < -0.3 is 14.7 Å². The smallest absolute Gasteiger partial charge is 0.242 e. The van der Waals surface area contributed by atoms with Crippen molar-refractivity contribution in [3.8, 4) is 0 Å². The molecule has 4 fully saturated rings. The first-order valence-corrected chi connectivity index (χ1v) is 11.9. The van der Waals surface area contributed by atoms with E-state index in [1.807, 2.05) is 0 Å². The molecule has 28 heavy (non-hydrogen) atoms. The molecule has 0 N–H and O–H groups in total. The number of rotatable bonds is 5. The van der Waals surface area contributed by atoms with Crippen molar-refractivity contribution in [1.82, 2.24) is 14.7 Å². The fraction of sp³-hybridized carbons (Fsp3) is 0.913. The summed E-state index contributed by atoms with van der Waals surface area (Å²) in [5.74, 6) is 1.29. The summed E-state index contributed by atoms with van der Waals surface area (Å²) < 4.78 is 0. The van der Waals surface area contributed by atoms with Gasteiger partial charge in [0.2, 0.25) is 11.8 Å². The lowest BCUT2D eigenvalue weighted by Crippen LogP contribution is -2.47. The number of amides is 2. The first-order chi connectivity index (χ1) is 13.6. The largest absolute Gasteiger partial charge is 0.341 e. The fourth-order valence-corrected chi connectivity index (χ4v) is 6.12. The van der Waals surface area contributed by atoms with Crippen LogP contribution in [-0.4, -0.2) is 72.3 Å². The molecule has 5 nitrogen and oxygen atoms in total. The highest BCUT2D eigenvalue weighted by Gasteiger charge is 2.43. The lowest BCUT2D eigenvalue weighted by Gasteiger charge is -2.41. The zero-order valence-corrected chi connectivity index (χ0v) is 17.7. The monoisotopic (exact) mass is 389 g/mol. The molecule has 0 bridgehead atoms. The zero-order chi connectivity index (χ0) is 19.4. The Morgan fingerprint density at radius 2 is 1.79 bits per heavy atom. The van der Waals surface area contributed by atoms with Gasteiger partial charge in [-0.05, 0) is 57.5 Å². The molecule has 1 aliphatic carbocycles. The molecule has 3 aliphatic heterocycles. The second kappa shape index (κ2) is 9.15. The quantitative estimate of drug-likeness (QED) is 0.725. The highest BCUT2D eigenvalue weighted by Crippen LogP contribution is 2.39. The Morgan fingerprint density at radius 1 is 0.929 bits per heavy atom. The summed E-state index contributed by atoms with van der Waals surface area (Å²) in [6.07, 6.45) is 14.9. The van der Waals surface area contributed by atoms with Gasteiger partial charge >= 0.3 is 0 Å². The summed E-state index contributed by atoms with van der Waals surface area (Å²) >= 11 is 0. The van der Waals surface area contributed by atoms with Crippen molar-refractivity contribution in [2.45, 2.75) is 77.0 Å². The summed E-state index contributed by atoms with van der Waals surface area (Å²) in [5, 5.41) is 0. The fourth-order valence-electron chi connectivity index (χ4n) is 6.12. The summed E-state index contributed by atoms with van der Waals surface area (Å²) in [7, 11) is 0. The molecule has 3 saturated heterocycles. The standard InChI is InChI=1S/C23H39N3O2/c27-21-9-4-5-14-25(21)17-22(28)26-16-12-23(19-26)11-6-13-24(18-23)15-10-20-7-2-1-3-8-20/h20H,1-19H2. The van der Waals surface area contributed by atoms with Gasteiger partial charge in [-0.1, -0.05) is 32.1 Å². The van der Waals surface area contributed by atoms with E-state index in [0.29, 0.717) is 18.4 Å². The average Bonchev–Trinajstić information content (AvgIpc) is 3.12. The number of hydrogen-bond donors (Lipinski definition) is 0. The van der Waals surface area contributed by atoms with Crippen LogP contribution in [0.5, 0.6) is 0 Å². The van der Waals surface area contributed by atoms with E-state index in [2.05, 4.69) is 9.80 Å². The molecule has 2 amide bonds. The third-order valence-corrected chi connectivity index (χ3v) is 7.86. The minimum absolute atomic E-state index is 0.167. The van der Waals surface area contributed by atoms with Crippen molar-refractivity contribution in [1.29, 1.82) is 0 Å². The van der Waals surface area contributed by atoms with E-state index in [0.717, 1.165) is 44.8 Å². The third kappa shape index (κ3) is 4.90. The molecule has 4 aliphatic rings. The Labute approximate surface area is 170 Å². The van der Waals surface area contributed by atoms with E-state index >= 15 is 0 Å². The number of carbonyl (C=O) groups is 2. The molecule has 1 spiro atoms. The number of likely N-dealkylation sites (tertiary alicyclic amines) is 3. The number of carbonyl (C=O) groups excluding carboxylic acids is 2. The molecule has 1 atom stereocenters. The van der Waals surface area contributed by atoms with Crippen LogP contribution in [0, 0.1) is 11.3 Å². The molecule has 0 radical (unpaired) electrons. The van der Waals surface area contributed by atoms with E-state index in [-0.39, 0.29) is 11.8 Å². The molecule has 158 valence electrons. The normalized spacial score (nSPS) is 30.4. The highest BCUT2D eigenvalue weighted by molar-refractivity contribution is 5.85. The van der Waals surface area contributed by atoms with Crippen molar-refractivity contribution in [2.24, 2.45) is 11.3 Å². The molecule has 4 rings (SSSR count). The van der Waals surface area contributed by atoms with Gasteiger partial charge in [-0.15, -0.1) is 0 Å². The van der Waals surface area contributed by atoms with E-state index in [1.165, 1.54) is 71.0 Å². The van der Waals surface area contributed by atoms with Crippen LogP contribution in [0.3, 0.4) is 0 Å². The summed E-state index contributed by atoms with van der Waals surface area (Å²) in [6.45, 7) is 6.53. The third-order valence-electron chi connectivity index (χ3n) is 7.86. The van der Waals surface area contributed by atoms with Crippen molar-refractivity contribution in [2.75, 3.05) is 45.8 Å². The summed E-state index contributed by atoms with van der Waals surface area (Å²) in [4.78, 5) is 31.4. The summed E-state index contributed by atoms with van der Waals surface area (Å²) in [6, 6.07) is 0. The van der Waals surface area contributed by atoms with E-state index < -0.39 is 0 Å². The SMILES string of the molecule is O=C1CCCCN1CC(=O)N1CCC2(CCCN(CCC3CCCCC3)C2)C1. The first kappa shape index (κ1) is 20.2. The molecule has 5 heteroatoms. The van der Waals surface area contributed by atoms with Gasteiger partial charge in [-0.25, -0.2) is 0 Å². The maximum atomic E-state index is 12.8. The molecule has 1 unspecified atom stereocenters. The number of piperidine rings is 2. The van der Waals surface area contributed by atoms with Crippen LogP contribution in [-0.2, 0) is 9.59 Å². The van der Waals surface area contributed by atoms with Crippen LogP contribution in [0.25, 0.3) is 0 Å². The van der Waals surface area contributed by atoms with Crippen molar-refractivity contribution in [3.63, 3.8) is 0 Å².